The molecule has 1 amide bonds. The minimum Gasteiger partial charge on any atom is -0.443 e. The van der Waals surface area contributed by atoms with E-state index in [0.29, 0.717) is 13.1 Å². The van der Waals surface area contributed by atoms with Gasteiger partial charge >= 0.3 is 0 Å². The molecule has 0 bridgehead atoms. The molecule has 0 atom stereocenters. The number of nitrogens with one attached hydrogen (secondary N) is 1. The number of carbonyl (C=O) groups is 1. The Hall–Kier alpha value is -1.88. The second kappa shape index (κ2) is 6.33. The quantitative estimate of drug-likeness (QED) is 0.854. The van der Waals surface area contributed by atoms with Crippen LogP contribution in [0.25, 0.3) is 11.1 Å². The SMILES string of the molecule is CCNCC(=O)N(C)CCc1ccc2ncoc2c1. The van der Waals surface area contributed by atoms with Gasteiger partial charge in [-0.2, -0.15) is 0 Å². The van der Waals surface area contributed by atoms with Gasteiger partial charge in [0.05, 0.1) is 6.54 Å². The highest BCUT2D eigenvalue weighted by Gasteiger charge is 2.08. The summed E-state index contributed by atoms with van der Waals surface area (Å²) in [5.74, 6) is 0.114. The number of likely N-dealkylation sites (N-methyl/N-ethyl adjacent to an activating group) is 2. The lowest BCUT2D eigenvalue weighted by molar-refractivity contribution is -0.128. The van der Waals surface area contributed by atoms with Crippen LogP contribution in [0, 0.1) is 0 Å². The lowest BCUT2D eigenvalue weighted by Gasteiger charge is -2.17. The smallest absolute Gasteiger partial charge is 0.236 e. The number of rotatable bonds is 6. The molecule has 0 saturated carbocycles. The average Bonchev–Trinajstić information content (AvgIpc) is 2.89. The molecule has 19 heavy (non-hydrogen) atoms. The Bertz CT molecular complexity index is 550. The minimum absolute atomic E-state index is 0.114. The van der Waals surface area contributed by atoms with Crippen molar-refractivity contribution in [1.29, 1.82) is 0 Å². The van der Waals surface area contributed by atoms with Crippen molar-refractivity contribution in [2.45, 2.75) is 13.3 Å². The fourth-order valence-corrected chi connectivity index (χ4v) is 1.84. The highest BCUT2D eigenvalue weighted by atomic mass is 16.3. The van der Waals surface area contributed by atoms with Gasteiger partial charge < -0.3 is 14.6 Å². The molecule has 5 nitrogen and oxygen atoms in total. The van der Waals surface area contributed by atoms with Crippen molar-refractivity contribution >= 4 is 17.0 Å². The Morgan fingerprint density at radius 2 is 2.32 bits per heavy atom. The van der Waals surface area contributed by atoms with E-state index in [2.05, 4.69) is 10.3 Å². The van der Waals surface area contributed by atoms with Crippen LogP contribution in [-0.4, -0.2) is 42.5 Å². The van der Waals surface area contributed by atoms with Crippen molar-refractivity contribution in [2.75, 3.05) is 26.7 Å². The number of oxazole rings is 1. The van der Waals surface area contributed by atoms with E-state index in [1.165, 1.54) is 6.39 Å². The van der Waals surface area contributed by atoms with E-state index in [4.69, 9.17) is 4.42 Å². The zero-order valence-corrected chi connectivity index (χ0v) is 11.3. The fraction of sp³-hybridized carbons (Fsp3) is 0.429. The molecule has 5 heteroatoms. The maximum absolute atomic E-state index is 11.7. The van der Waals surface area contributed by atoms with Gasteiger partial charge in [0, 0.05) is 13.6 Å². The molecule has 0 fully saturated rings. The summed E-state index contributed by atoms with van der Waals surface area (Å²) in [7, 11) is 1.83. The van der Waals surface area contributed by atoms with E-state index in [0.717, 1.165) is 29.6 Å². The van der Waals surface area contributed by atoms with Crippen LogP contribution in [0.1, 0.15) is 12.5 Å². The van der Waals surface area contributed by atoms with Gasteiger partial charge in [0.15, 0.2) is 12.0 Å². The standard InChI is InChI=1S/C14H19N3O2/c1-3-15-9-14(18)17(2)7-6-11-4-5-12-13(8-11)19-10-16-12/h4-5,8,10,15H,3,6-7,9H2,1-2H3. The second-order valence-electron chi connectivity index (χ2n) is 4.50. The first kappa shape index (κ1) is 13.5. The van der Waals surface area contributed by atoms with Gasteiger partial charge in [-0.1, -0.05) is 13.0 Å². The number of hydrogen-bond donors (Lipinski definition) is 1. The largest absolute Gasteiger partial charge is 0.443 e. The van der Waals surface area contributed by atoms with Crippen molar-refractivity contribution in [3.8, 4) is 0 Å². The Kier molecular flexibility index (Phi) is 4.52. The summed E-state index contributed by atoms with van der Waals surface area (Å²) in [5, 5.41) is 3.03. The van der Waals surface area contributed by atoms with Gasteiger partial charge in [0.2, 0.25) is 5.91 Å². The molecule has 2 aromatic rings. The molecule has 1 N–H and O–H groups in total. The molecule has 0 aliphatic heterocycles. The number of hydrogen-bond acceptors (Lipinski definition) is 4. The molecule has 2 rings (SSSR count). The summed E-state index contributed by atoms with van der Waals surface area (Å²) in [6.45, 7) is 3.89. The van der Waals surface area contributed by atoms with Gasteiger partial charge in [-0.05, 0) is 30.7 Å². The molecule has 0 unspecified atom stereocenters. The molecular formula is C14H19N3O2. The van der Waals surface area contributed by atoms with Crippen LogP contribution in [-0.2, 0) is 11.2 Å². The maximum Gasteiger partial charge on any atom is 0.236 e. The predicted molar refractivity (Wildman–Crippen MR) is 73.9 cm³/mol. The molecule has 0 aliphatic carbocycles. The second-order valence-corrected chi connectivity index (χ2v) is 4.50. The third-order valence-corrected chi connectivity index (χ3v) is 3.08. The number of benzene rings is 1. The molecule has 0 aliphatic rings. The number of fused-ring (bicyclic) bond motifs is 1. The normalized spacial score (nSPS) is 10.8. The Morgan fingerprint density at radius 1 is 1.47 bits per heavy atom. The predicted octanol–water partition coefficient (Wildman–Crippen LogP) is 1.44. The first-order valence-corrected chi connectivity index (χ1v) is 6.47. The Morgan fingerprint density at radius 3 is 3.11 bits per heavy atom. The van der Waals surface area contributed by atoms with E-state index >= 15 is 0 Å². The van der Waals surface area contributed by atoms with E-state index < -0.39 is 0 Å². The molecular weight excluding hydrogens is 242 g/mol. The third kappa shape index (κ3) is 3.54. The van der Waals surface area contributed by atoms with Crippen molar-refractivity contribution in [3.63, 3.8) is 0 Å². The number of nitrogens with zero attached hydrogens (tertiary/aromatic N) is 2. The van der Waals surface area contributed by atoms with Gasteiger partial charge in [-0.15, -0.1) is 0 Å². The zero-order chi connectivity index (χ0) is 13.7. The number of amides is 1. The summed E-state index contributed by atoms with van der Waals surface area (Å²) in [5.41, 5.74) is 2.80. The molecule has 1 aromatic carbocycles. The monoisotopic (exact) mass is 261 g/mol. The molecule has 0 spiro atoms. The van der Waals surface area contributed by atoms with Crippen molar-refractivity contribution in [3.05, 3.63) is 30.2 Å². The lowest BCUT2D eigenvalue weighted by Crippen LogP contribution is -2.36. The summed E-state index contributed by atoms with van der Waals surface area (Å²) in [6, 6.07) is 5.94. The first-order chi connectivity index (χ1) is 9.20. The minimum atomic E-state index is 0.114. The van der Waals surface area contributed by atoms with Crippen LogP contribution in [0.3, 0.4) is 0 Å². The van der Waals surface area contributed by atoms with Crippen LogP contribution in [0.2, 0.25) is 0 Å². The number of carbonyl (C=O) groups excluding carboxylic acids is 1. The van der Waals surface area contributed by atoms with Crippen LogP contribution in [0.5, 0.6) is 0 Å². The lowest BCUT2D eigenvalue weighted by atomic mass is 10.1. The van der Waals surface area contributed by atoms with Gasteiger partial charge in [-0.3, -0.25) is 4.79 Å². The molecule has 0 radical (unpaired) electrons. The van der Waals surface area contributed by atoms with E-state index in [-0.39, 0.29) is 5.91 Å². The average molecular weight is 261 g/mol. The van der Waals surface area contributed by atoms with Gasteiger partial charge in [0.1, 0.15) is 5.52 Å². The van der Waals surface area contributed by atoms with Gasteiger partial charge in [-0.25, -0.2) is 4.98 Å². The van der Waals surface area contributed by atoms with Crippen LogP contribution in [0.15, 0.2) is 29.0 Å². The number of aromatic nitrogens is 1. The zero-order valence-electron chi connectivity index (χ0n) is 11.3. The molecule has 102 valence electrons. The van der Waals surface area contributed by atoms with E-state index in [9.17, 15) is 4.79 Å². The van der Waals surface area contributed by atoms with Crippen molar-refractivity contribution in [1.82, 2.24) is 15.2 Å². The Balaban J connectivity index is 1.88. The topological polar surface area (TPSA) is 58.4 Å². The van der Waals surface area contributed by atoms with Crippen LogP contribution >= 0.6 is 0 Å². The van der Waals surface area contributed by atoms with Gasteiger partial charge in [0.25, 0.3) is 0 Å². The molecule has 1 aromatic heterocycles. The van der Waals surface area contributed by atoms with E-state index in [1.807, 2.05) is 32.2 Å². The maximum atomic E-state index is 11.7. The Labute approximate surface area is 112 Å². The van der Waals surface area contributed by atoms with Crippen molar-refractivity contribution < 1.29 is 9.21 Å². The highest BCUT2D eigenvalue weighted by Crippen LogP contribution is 2.14. The third-order valence-electron chi connectivity index (χ3n) is 3.08. The first-order valence-electron chi connectivity index (χ1n) is 6.47. The van der Waals surface area contributed by atoms with E-state index in [1.54, 1.807) is 4.90 Å². The molecule has 0 saturated heterocycles. The van der Waals surface area contributed by atoms with Crippen molar-refractivity contribution in [2.24, 2.45) is 0 Å². The summed E-state index contributed by atoms with van der Waals surface area (Å²) < 4.78 is 5.26. The van der Waals surface area contributed by atoms with Crippen LogP contribution in [0.4, 0.5) is 0 Å². The summed E-state index contributed by atoms with van der Waals surface area (Å²) >= 11 is 0. The summed E-state index contributed by atoms with van der Waals surface area (Å²) in [4.78, 5) is 17.5. The highest BCUT2D eigenvalue weighted by molar-refractivity contribution is 5.78. The molecule has 1 heterocycles. The van der Waals surface area contributed by atoms with Crippen LogP contribution < -0.4 is 5.32 Å². The fourth-order valence-electron chi connectivity index (χ4n) is 1.84. The summed E-state index contributed by atoms with van der Waals surface area (Å²) in [6.07, 6.45) is 2.26.